The van der Waals surface area contributed by atoms with Crippen LogP contribution >= 0.6 is 0 Å². The van der Waals surface area contributed by atoms with Gasteiger partial charge >= 0.3 is 5.97 Å². The van der Waals surface area contributed by atoms with Crippen molar-refractivity contribution in [2.24, 2.45) is 5.92 Å². The Bertz CT molecular complexity index is 1090. The largest absolute Gasteiger partial charge is 0.480 e. The average molecular weight is 436 g/mol. The molecule has 0 aliphatic carbocycles. The van der Waals surface area contributed by atoms with Crippen molar-refractivity contribution < 1.29 is 14.7 Å². The molecule has 8 heteroatoms. The number of carbonyl (C=O) groups is 2. The fraction of sp³-hybridized carbons (Fsp3) is 0.375. The first kappa shape index (κ1) is 22.0. The minimum absolute atomic E-state index is 0.0527. The summed E-state index contributed by atoms with van der Waals surface area (Å²) in [6.07, 6.45) is 3.57. The summed E-state index contributed by atoms with van der Waals surface area (Å²) in [5.74, 6) is -1.03. The Morgan fingerprint density at radius 3 is 2.59 bits per heavy atom. The second-order valence-electron chi connectivity index (χ2n) is 8.52. The number of hydrogen-bond acceptors (Lipinski definition) is 5. The third-order valence-corrected chi connectivity index (χ3v) is 5.92. The van der Waals surface area contributed by atoms with Gasteiger partial charge in [-0.15, -0.1) is 0 Å². The number of carbonyl (C=O) groups excluding carboxylic acids is 1. The Labute approximate surface area is 187 Å². The van der Waals surface area contributed by atoms with E-state index in [2.05, 4.69) is 20.2 Å². The summed E-state index contributed by atoms with van der Waals surface area (Å²) in [5, 5.41) is 13.8. The summed E-state index contributed by atoms with van der Waals surface area (Å²) in [5.41, 5.74) is 3.27. The van der Waals surface area contributed by atoms with Gasteiger partial charge in [-0.05, 0) is 24.3 Å². The van der Waals surface area contributed by atoms with Crippen molar-refractivity contribution in [1.82, 2.24) is 19.8 Å². The Kier molecular flexibility index (Phi) is 6.53. The number of aliphatic carboxylic acids is 1. The number of fused-ring (bicyclic) bond motifs is 1. The number of aromatic amines is 1. The van der Waals surface area contributed by atoms with Gasteiger partial charge in [0.1, 0.15) is 6.04 Å². The molecule has 1 fully saturated rings. The first-order chi connectivity index (χ1) is 15.4. The number of hydrogen-bond donors (Lipinski definition) is 3. The molecule has 0 radical (unpaired) electrons. The molecule has 3 heterocycles. The van der Waals surface area contributed by atoms with Gasteiger partial charge in [-0.25, -0.2) is 0 Å². The van der Waals surface area contributed by atoms with E-state index < -0.39 is 12.0 Å². The summed E-state index contributed by atoms with van der Waals surface area (Å²) in [7, 11) is 0. The monoisotopic (exact) mass is 435 g/mol. The molecule has 1 unspecified atom stereocenters. The van der Waals surface area contributed by atoms with Gasteiger partial charge < -0.3 is 15.4 Å². The van der Waals surface area contributed by atoms with Crippen LogP contribution in [0.15, 0.2) is 48.8 Å². The van der Waals surface area contributed by atoms with Gasteiger partial charge in [0.2, 0.25) is 5.91 Å². The Morgan fingerprint density at radius 2 is 1.94 bits per heavy atom. The van der Waals surface area contributed by atoms with Gasteiger partial charge in [0.05, 0.1) is 5.69 Å². The van der Waals surface area contributed by atoms with Gasteiger partial charge in [0.15, 0.2) is 0 Å². The minimum Gasteiger partial charge on any atom is -0.480 e. The lowest BCUT2D eigenvalue weighted by molar-refractivity contribution is -0.144. The SMILES string of the molecule is CC(C)C(=O)Nc1ccc2c(C(C(=O)O)N3CCN(Cc4ccccn4)CC3)c[nH]c2c1. The maximum absolute atomic E-state index is 12.3. The lowest BCUT2D eigenvalue weighted by atomic mass is 10.0. The molecule has 1 amide bonds. The van der Waals surface area contributed by atoms with Crippen LogP contribution in [0.4, 0.5) is 5.69 Å². The van der Waals surface area contributed by atoms with E-state index in [-0.39, 0.29) is 11.8 Å². The summed E-state index contributed by atoms with van der Waals surface area (Å²) in [6.45, 7) is 7.35. The molecule has 4 rings (SSSR count). The number of aromatic nitrogens is 2. The predicted octanol–water partition coefficient (Wildman–Crippen LogP) is 3.10. The summed E-state index contributed by atoms with van der Waals surface area (Å²) in [6, 6.07) is 10.7. The Morgan fingerprint density at radius 1 is 1.16 bits per heavy atom. The number of anilines is 1. The number of carboxylic acid groups (broad SMARTS) is 1. The number of nitrogens with one attached hydrogen (secondary N) is 2. The lowest BCUT2D eigenvalue weighted by Crippen LogP contribution is -2.48. The molecule has 1 aliphatic rings. The first-order valence-electron chi connectivity index (χ1n) is 10.9. The Balaban J connectivity index is 1.48. The number of carboxylic acids is 1. The van der Waals surface area contributed by atoms with Crippen molar-refractivity contribution in [3.63, 3.8) is 0 Å². The van der Waals surface area contributed by atoms with Gasteiger partial charge in [0, 0.05) is 73.2 Å². The topological polar surface area (TPSA) is 102 Å². The molecule has 3 aromatic rings. The fourth-order valence-electron chi connectivity index (χ4n) is 4.13. The minimum atomic E-state index is -0.860. The van der Waals surface area contributed by atoms with E-state index in [0.717, 1.165) is 41.8 Å². The molecule has 0 saturated carbocycles. The molecule has 1 aliphatic heterocycles. The van der Waals surface area contributed by atoms with E-state index in [1.165, 1.54) is 0 Å². The molecule has 8 nitrogen and oxygen atoms in total. The third kappa shape index (κ3) is 4.81. The highest BCUT2D eigenvalue weighted by Gasteiger charge is 2.32. The number of piperazine rings is 1. The number of H-pyrrole nitrogens is 1. The van der Waals surface area contributed by atoms with Crippen molar-refractivity contribution in [2.45, 2.75) is 26.4 Å². The average Bonchev–Trinajstić information content (AvgIpc) is 3.18. The van der Waals surface area contributed by atoms with Crippen LogP contribution in [0.2, 0.25) is 0 Å². The van der Waals surface area contributed by atoms with Crippen LogP contribution in [0.3, 0.4) is 0 Å². The molecule has 0 spiro atoms. The van der Waals surface area contributed by atoms with Crippen LogP contribution in [0.5, 0.6) is 0 Å². The number of rotatable bonds is 7. The number of amides is 1. The van der Waals surface area contributed by atoms with Crippen molar-refractivity contribution >= 4 is 28.5 Å². The van der Waals surface area contributed by atoms with Crippen LogP contribution < -0.4 is 5.32 Å². The molecule has 1 aromatic carbocycles. The van der Waals surface area contributed by atoms with Crippen LogP contribution in [0.25, 0.3) is 10.9 Å². The third-order valence-electron chi connectivity index (χ3n) is 5.92. The van der Waals surface area contributed by atoms with Crippen LogP contribution in [0, 0.1) is 5.92 Å². The Hall–Kier alpha value is -3.23. The maximum Gasteiger partial charge on any atom is 0.325 e. The number of benzene rings is 1. The standard InChI is InChI=1S/C24H29N5O3/c1-16(2)23(30)27-17-6-7-19-20(14-26-21(19)13-17)22(24(31)32)29-11-9-28(10-12-29)15-18-5-3-4-8-25-18/h3-8,13-14,16,22,26H,9-12,15H2,1-2H3,(H,27,30)(H,31,32). The van der Waals surface area contributed by atoms with Crippen molar-refractivity contribution in [1.29, 1.82) is 0 Å². The van der Waals surface area contributed by atoms with Crippen LogP contribution in [-0.4, -0.2) is 62.9 Å². The van der Waals surface area contributed by atoms with Gasteiger partial charge in [-0.3, -0.25) is 24.4 Å². The highest BCUT2D eigenvalue weighted by Crippen LogP contribution is 2.31. The lowest BCUT2D eigenvalue weighted by Gasteiger charge is -2.37. The predicted molar refractivity (Wildman–Crippen MR) is 123 cm³/mol. The summed E-state index contributed by atoms with van der Waals surface area (Å²) in [4.78, 5) is 36.1. The van der Waals surface area contributed by atoms with Crippen molar-refractivity contribution in [2.75, 3.05) is 31.5 Å². The van der Waals surface area contributed by atoms with E-state index in [4.69, 9.17) is 0 Å². The normalized spacial score (nSPS) is 16.3. The zero-order chi connectivity index (χ0) is 22.7. The molecule has 3 N–H and O–H groups in total. The maximum atomic E-state index is 12.3. The van der Waals surface area contributed by atoms with E-state index in [0.29, 0.717) is 18.8 Å². The summed E-state index contributed by atoms with van der Waals surface area (Å²) >= 11 is 0. The van der Waals surface area contributed by atoms with Gasteiger partial charge in [-0.2, -0.15) is 0 Å². The smallest absolute Gasteiger partial charge is 0.325 e. The molecule has 0 bridgehead atoms. The zero-order valence-corrected chi connectivity index (χ0v) is 18.4. The van der Waals surface area contributed by atoms with E-state index in [1.54, 1.807) is 12.4 Å². The first-order valence-corrected chi connectivity index (χ1v) is 10.9. The molecule has 2 aromatic heterocycles. The van der Waals surface area contributed by atoms with E-state index >= 15 is 0 Å². The molecule has 32 heavy (non-hydrogen) atoms. The molecular formula is C24H29N5O3. The zero-order valence-electron chi connectivity index (χ0n) is 18.4. The quantitative estimate of drug-likeness (QED) is 0.527. The molecular weight excluding hydrogens is 406 g/mol. The van der Waals surface area contributed by atoms with E-state index in [1.807, 2.05) is 55.1 Å². The van der Waals surface area contributed by atoms with Crippen molar-refractivity contribution in [3.05, 3.63) is 60.0 Å². The van der Waals surface area contributed by atoms with Crippen molar-refractivity contribution in [3.8, 4) is 0 Å². The fourth-order valence-corrected chi connectivity index (χ4v) is 4.13. The second kappa shape index (κ2) is 9.50. The highest BCUT2D eigenvalue weighted by molar-refractivity contribution is 5.96. The molecule has 168 valence electrons. The number of pyridine rings is 1. The summed E-state index contributed by atoms with van der Waals surface area (Å²) < 4.78 is 0. The number of nitrogens with zero attached hydrogens (tertiary/aromatic N) is 3. The van der Waals surface area contributed by atoms with E-state index in [9.17, 15) is 14.7 Å². The van der Waals surface area contributed by atoms with Crippen LogP contribution in [0.1, 0.15) is 31.1 Å². The molecule has 1 atom stereocenters. The van der Waals surface area contributed by atoms with Gasteiger partial charge in [-0.1, -0.05) is 26.0 Å². The molecule has 1 saturated heterocycles. The van der Waals surface area contributed by atoms with Gasteiger partial charge in [0.25, 0.3) is 0 Å². The highest BCUT2D eigenvalue weighted by atomic mass is 16.4. The second-order valence-corrected chi connectivity index (χ2v) is 8.52. The van der Waals surface area contributed by atoms with Crippen LogP contribution in [-0.2, 0) is 16.1 Å².